The van der Waals surface area contributed by atoms with Crippen LogP contribution < -0.4 is 0 Å². The van der Waals surface area contributed by atoms with Crippen LogP contribution in [0.4, 0.5) is 4.39 Å². The van der Waals surface area contributed by atoms with Crippen molar-refractivity contribution in [2.45, 2.75) is 25.6 Å². The summed E-state index contributed by atoms with van der Waals surface area (Å²) in [6, 6.07) is 4.15. The van der Waals surface area contributed by atoms with Gasteiger partial charge in [0.15, 0.2) is 0 Å². The summed E-state index contributed by atoms with van der Waals surface area (Å²) in [6.45, 7) is 1.69. The molecule has 2 N–H and O–H groups in total. The van der Waals surface area contributed by atoms with E-state index < -0.39 is 12.2 Å². The van der Waals surface area contributed by atoms with Gasteiger partial charge in [-0.15, -0.1) is 0 Å². The second kappa shape index (κ2) is 6.20. The topological polar surface area (TPSA) is 89.2 Å². The van der Waals surface area contributed by atoms with Gasteiger partial charge in [0, 0.05) is 11.5 Å². The third-order valence-electron chi connectivity index (χ3n) is 2.48. The van der Waals surface area contributed by atoms with Gasteiger partial charge in [-0.3, -0.25) is 0 Å². The summed E-state index contributed by atoms with van der Waals surface area (Å²) in [5.74, 6) is -0.357. The maximum atomic E-state index is 13.0. The smallest absolute Gasteiger partial charge is 0.126 e. The van der Waals surface area contributed by atoms with Crippen LogP contribution in [0.25, 0.3) is 10.4 Å². The number of hydrogen-bond acceptors (Lipinski definition) is 3. The van der Waals surface area contributed by atoms with E-state index in [0.29, 0.717) is 11.1 Å². The first-order valence-corrected chi connectivity index (χ1v) is 5.19. The maximum Gasteiger partial charge on any atom is 0.126 e. The second-order valence-electron chi connectivity index (χ2n) is 3.76. The molecule has 0 aromatic heterocycles. The number of halogens is 1. The fourth-order valence-electron chi connectivity index (χ4n) is 1.47. The first-order valence-electron chi connectivity index (χ1n) is 5.19. The lowest BCUT2D eigenvalue weighted by Gasteiger charge is -2.17. The highest BCUT2D eigenvalue weighted by atomic mass is 19.1. The summed E-state index contributed by atoms with van der Waals surface area (Å²) in [4.78, 5) is 2.55. The number of nitrogens with zero attached hydrogens (tertiary/aromatic N) is 3. The molecule has 1 aromatic rings. The van der Waals surface area contributed by atoms with Gasteiger partial charge in [-0.2, -0.15) is 0 Å². The SMILES string of the molecule is Cc1cc(C(O)C(O)CCN=[N+]=[N-])ccc1F. The molecule has 0 bridgehead atoms. The highest BCUT2D eigenvalue weighted by Gasteiger charge is 2.18. The molecular weight excluding hydrogens is 225 g/mol. The summed E-state index contributed by atoms with van der Waals surface area (Å²) in [5.41, 5.74) is 8.92. The van der Waals surface area contributed by atoms with Gasteiger partial charge < -0.3 is 10.2 Å². The Morgan fingerprint density at radius 1 is 1.47 bits per heavy atom. The van der Waals surface area contributed by atoms with Crippen molar-refractivity contribution in [2.24, 2.45) is 5.11 Å². The summed E-state index contributed by atoms with van der Waals surface area (Å²) in [5, 5.41) is 22.7. The molecule has 0 aliphatic carbocycles. The van der Waals surface area contributed by atoms with Crippen molar-refractivity contribution in [1.29, 1.82) is 0 Å². The van der Waals surface area contributed by atoms with E-state index in [1.165, 1.54) is 18.2 Å². The number of rotatable bonds is 5. The zero-order chi connectivity index (χ0) is 12.8. The minimum absolute atomic E-state index is 0.106. The molecule has 17 heavy (non-hydrogen) atoms. The van der Waals surface area contributed by atoms with Crippen LogP contribution >= 0.6 is 0 Å². The van der Waals surface area contributed by atoms with Crippen LogP contribution in [0, 0.1) is 12.7 Å². The molecule has 1 rings (SSSR count). The molecule has 1 aromatic carbocycles. The van der Waals surface area contributed by atoms with Crippen molar-refractivity contribution in [3.05, 3.63) is 45.6 Å². The zero-order valence-corrected chi connectivity index (χ0v) is 9.41. The highest BCUT2D eigenvalue weighted by molar-refractivity contribution is 5.26. The maximum absolute atomic E-state index is 13.0. The standard InChI is InChI=1S/C11H14FN3O2/c1-7-6-8(2-3-9(7)12)11(17)10(16)4-5-14-15-13/h2-3,6,10-11,16-17H,4-5H2,1H3. The molecule has 6 heteroatoms. The fourth-order valence-corrected chi connectivity index (χ4v) is 1.47. The number of azide groups is 1. The van der Waals surface area contributed by atoms with Crippen LogP contribution in [-0.2, 0) is 0 Å². The van der Waals surface area contributed by atoms with Crippen molar-refractivity contribution in [3.63, 3.8) is 0 Å². The van der Waals surface area contributed by atoms with Gasteiger partial charge in [-0.1, -0.05) is 17.2 Å². The third kappa shape index (κ3) is 3.71. The molecule has 2 atom stereocenters. The highest BCUT2D eigenvalue weighted by Crippen LogP contribution is 2.21. The lowest BCUT2D eigenvalue weighted by molar-refractivity contribution is 0.0150. The number of benzene rings is 1. The summed E-state index contributed by atoms with van der Waals surface area (Å²) in [7, 11) is 0. The Hall–Kier alpha value is -1.62. The van der Waals surface area contributed by atoms with E-state index in [1.54, 1.807) is 6.92 Å². The number of aliphatic hydroxyl groups is 2. The Bertz CT molecular complexity index is 433. The minimum atomic E-state index is -1.11. The molecule has 5 nitrogen and oxygen atoms in total. The van der Waals surface area contributed by atoms with E-state index in [0.717, 1.165) is 0 Å². The van der Waals surface area contributed by atoms with Crippen LogP contribution in [0.5, 0.6) is 0 Å². The van der Waals surface area contributed by atoms with Gasteiger partial charge in [-0.05, 0) is 36.1 Å². The van der Waals surface area contributed by atoms with Crippen molar-refractivity contribution in [1.82, 2.24) is 0 Å². The molecule has 2 unspecified atom stereocenters. The molecular formula is C11H14FN3O2. The molecule has 0 radical (unpaired) electrons. The van der Waals surface area contributed by atoms with Gasteiger partial charge in [0.05, 0.1) is 6.10 Å². The van der Waals surface area contributed by atoms with Gasteiger partial charge in [0.1, 0.15) is 11.9 Å². The Balaban J connectivity index is 2.70. The molecule has 0 spiro atoms. The lowest BCUT2D eigenvalue weighted by atomic mass is 10.0. The predicted octanol–water partition coefficient (Wildman–Crippen LogP) is 2.23. The molecule has 0 aliphatic rings. The second-order valence-corrected chi connectivity index (χ2v) is 3.76. The van der Waals surface area contributed by atoms with Crippen LogP contribution in [0.2, 0.25) is 0 Å². The molecule has 0 fully saturated rings. The summed E-state index contributed by atoms with van der Waals surface area (Å²) >= 11 is 0. The van der Waals surface area contributed by atoms with E-state index in [1.807, 2.05) is 0 Å². The molecule has 92 valence electrons. The third-order valence-corrected chi connectivity index (χ3v) is 2.48. The van der Waals surface area contributed by atoms with E-state index >= 15 is 0 Å². The van der Waals surface area contributed by atoms with E-state index in [9.17, 15) is 14.6 Å². The fraction of sp³-hybridized carbons (Fsp3) is 0.455. The number of aryl methyl sites for hydroxylation is 1. The summed E-state index contributed by atoms with van der Waals surface area (Å²) < 4.78 is 13.0. The molecule has 0 saturated carbocycles. The Labute approximate surface area is 98.1 Å². The van der Waals surface area contributed by atoms with Crippen LogP contribution in [0.3, 0.4) is 0 Å². The van der Waals surface area contributed by atoms with Gasteiger partial charge in [-0.25, -0.2) is 4.39 Å². The summed E-state index contributed by atoms with van der Waals surface area (Å²) in [6.07, 6.45) is -1.99. The molecule has 0 amide bonds. The zero-order valence-electron chi connectivity index (χ0n) is 9.41. The van der Waals surface area contributed by atoms with Gasteiger partial charge in [0.25, 0.3) is 0 Å². The van der Waals surface area contributed by atoms with E-state index in [4.69, 9.17) is 5.53 Å². The first-order chi connectivity index (χ1) is 8.06. The number of hydrogen-bond donors (Lipinski definition) is 2. The largest absolute Gasteiger partial charge is 0.390 e. The van der Waals surface area contributed by atoms with Crippen LogP contribution in [0.1, 0.15) is 23.7 Å². The average molecular weight is 239 g/mol. The first kappa shape index (κ1) is 13.4. The Morgan fingerprint density at radius 2 is 2.18 bits per heavy atom. The van der Waals surface area contributed by atoms with Crippen molar-refractivity contribution >= 4 is 0 Å². The molecule has 0 aliphatic heterocycles. The average Bonchev–Trinajstić information content (AvgIpc) is 2.32. The van der Waals surface area contributed by atoms with Gasteiger partial charge in [0.2, 0.25) is 0 Å². The van der Waals surface area contributed by atoms with E-state index in [2.05, 4.69) is 10.0 Å². The lowest BCUT2D eigenvalue weighted by Crippen LogP contribution is -2.19. The quantitative estimate of drug-likeness (QED) is 0.468. The van der Waals surface area contributed by atoms with Crippen LogP contribution in [0.15, 0.2) is 23.3 Å². The Morgan fingerprint density at radius 3 is 2.76 bits per heavy atom. The van der Waals surface area contributed by atoms with Crippen molar-refractivity contribution < 1.29 is 14.6 Å². The predicted molar refractivity (Wildman–Crippen MR) is 60.7 cm³/mol. The van der Waals surface area contributed by atoms with Gasteiger partial charge >= 0.3 is 0 Å². The van der Waals surface area contributed by atoms with Crippen LogP contribution in [-0.4, -0.2) is 22.9 Å². The number of aliphatic hydroxyl groups excluding tert-OH is 2. The molecule has 0 heterocycles. The van der Waals surface area contributed by atoms with Crippen molar-refractivity contribution in [2.75, 3.05) is 6.54 Å². The van der Waals surface area contributed by atoms with E-state index in [-0.39, 0.29) is 18.8 Å². The molecule has 0 saturated heterocycles. The monoisotopic (exact) mass is 239 g/mol. The minimum Gasteiger partial charge on any atom is -0.390 e. The van der Waals surface area contributed by atoms with Crippen molar-refractivity contribution in [3.8, 4) is 0 Å². The normalized spacial score (nSPS) is 13.9. The Kier molecular flexibility index (Phi) is 4.90.